The molecule has 4 nitrogen and oxygen atoms in total. The molecule has 0 spiro atoms. The Hall–Kier alpha value is -1.97. The third-order valence-corrected chi connectivity index (χ3v) is 3.32. The number of carbonyl (C=O) groups excluding carboxylic acids is 1. The van der Waals surface area contributed by atoms with Crippen molar-refractivity contribution in [3.05, 3.63) is 35.7 Å². The highest BCUT2D eigenvalue weighted by Gasteiger charge is 2.34. The number of carbonyl (C=O) groups is 1. The maximum Gasteiger partial charge on any atom is 0.167 e. The number of aromatic amines is 1. The smallest absolute Gasteiger partial charge is 0.167 e. The van der Waals surface area contributed by atoms with Gasteiger partial charge in [0, 0.05) is 18.3 Å². The van der Waals surface area contributed by atoms with Crippen LogP contribution in [0.1, 0.15) is 36.3 Å². The minimum atomic E-state index is 0.0119. The first-order valence-corrected chi connectivity index (χ1v) is 6.09. The minimum absolute atomic E-state index is 0.0119. The summed E-state index contributed by atoms with van der Waals surface area (Å²) in [5.74, 6) is 0.163. The van der Waals surface area contributed by atoms with Crippen molar-refractivity contribution in [3.8, 4) is 11.4 Å². The zero-order valence-electron chi connectivity index (χ0n) is 10.5. The molecule has 2 aromatic heterocycles. The molecule has 0 saturated heterocycles. The molecule has 1 N–H and O–H groups in total. The van der Waals surface area contributed by atoms with E-state index in [1.54, 1.807) is 6.20 Å². The molecule has 3 rings (SSSR count). The fourth-order valence-corrected chi connectivity index (χ4v) is 2.56. The van der Waals surface area contributed by atoms with Crippen molar-refractivity contribution in [1.82, 2.24) is 15.2 Å². The predicted molar refractivity (Wildman–Crippen MR) is 68.3 cm³/mol. The summed E-state index contributed by atoms with van der Waals surface area (Å²) in [7, 11) is 0. The molecule has 0 fully saturated rings. The van der Waals surface area contributed by atoms with Crippen LogP contribution in [0.25, 0.3) is 11.4 Å². The Kier molecular flexibility index (Phi) is 2.33. The van der Waals surface area contributed by atoms with Gasteiger partial charge in [-0.05, 0) is 24.0 Å². The van der Waals surface area contributed by atoms with E-state index in [9.17, 15) is 4.79 Å². The molecule has 0 atom stereocenters. The molecular weight excluding hydrogens is 226 g/mol. The molecular formula is C14H15N3O. The van der Waals surface area contributed by atoms with Crippen LogP contribution < -0.4 is 0 Å². The number of H-pyrrole nitrogens is 1. The van der Waals surface area contributed by atoms with E-state index in [2.05, 4.69) is 29.0 Å². The van der Waals surface area contributed by atoms with Crippen molar-refractivity contribution >= 4 is 5.78 Å². The lowest BCUT2D eigenvalue weighted by Crippen LogP contribution is -2.26. The van der Waals surface area contributed by atoms with Gasteiger partial charge in [0.1, 0.15) is 5.69 Å². The number of hydrogen-bond donors (Lipinski definition) is 1. The molecule has 2 aromatic rings. The molecule has 1 aliphatic rings. The van der Waals surface area contributed by atoms with Crippen LogP contribution in [-0.2, 0) is 6.42 Å². The van der Waals surface area contributed by atoms with E-state index in [-0.39, 0.29) is 11.2 Å². The summed E-state index contributed by atoms with van der Waals surface area (Å²) in [6.07, 6.45) is 3.14. The SMILES string of the molecule is CC1(C)CC(=O)c2c(-c3ccccn3)n[nH]c2C1. The van der Waals surface area contributed by atoms with Crippen molar-refractivity contribution in [3.63, 3.8) is 0 Å². The fourth-order valence-electron chi connectivity index (χ4n) is 2.56. The van der Waals surface area contributed by atoms with Gasteiger partial charge in [0.15, 0.2) is 5.78 Å². The summed E-state index contributed by atoms with van der Waals surface area (Å²) in [5, 5.41) is 7.28. The number of nitrogens with zero attached hydrogens (tertiary/aromatic N) is 2. The molecule has 18 heavy (non-hydrogen) atoms. The first-order chi connectivity index (χ1) is 8.57. The summed E-state index contributed by atoms with van der Waals surface area (Å²) in [6.45, 7) is 4.21. The van der Waals surface area contributed by atoms with Crippen molar-refractivity contribution in [2.75, 3.05) is 0 Å². The molecule has 92 valence electrons. The van der Waals surface area contributed by atoms with Gasteiger partial charge in [-0.3, -0.25) is 14.9 Å². The van der Waals surface area contributed by atoms with E-state index in [0.717, 1.165) is 23.4 Å². The van der Waals surface area contributed by atoms with E-state index >= 15 is 0 Å². The second kappa shape index (κ2) is 3.77. The second-order valence-corrected chi connectivity index (χ2v) is 5.58. The van der Waals surface area contributed by atoms with E-state index in [1.807, 2.05) is 18.2 Å². The molecule has 0 unspecified atom stereocenters. The normalized spacial score (nSPS) is 17.6. The Balaban J connectivity index is 2.12. The van der Waals surface area contributed by atoms with E-state index < -0.39 is 0 Å². The van der Waals surface area contributed by atoms with Crippen LogP contribution >= 0.6 is 0 Å². The topological polar surface area (TPSA) is 58.6 Å². The highest BCUT2D eigenvalue weighted by atomic mass is 16.1. The van der Waals surface area contributed by atoms with Gasteiger partial charge in [-0.1, -0.05) is 19.9 Å². The van der Waals surface area contributed by atoms with E-state index in [0.29, 0.717) is 12.1 Å². The molecule has 0 amide bonds. The van der Waals surface area contributed by atoms with Crippen LogP contribution in [0.3, 0.4) is 0 Å². The van der Waals surface area contributed by atoms with Gasteiger partial charge in [-0.15, -0.1) is 0 Å². The minimum Gasteiger partial charge on any atom is -0.294 e. The number of pyridine rings is 1. The third kappa shape index (κ3) is 1.74. The Morgan fingerprint density at radius 3 is 2.83 bits per heavy atom. The lowest BCUT2D eigenvalue weighted by Gasteiger charge is -2.27. The Morgan fingerprint density at radius 2 is 2.11 bits per heavy atom. The molecule has 0 bridgehead atoms. The van der Waals surface area contributed by atoms with Crippen molar-refractivity contribution < 1.29 is 4.79 Å². The van der Waals surface area contributed by atoms with E-state index in [4.69, 9.17) is 0 Å². The molecule has 0 radical (unpaired) electrons. The number of fused-ring (bicyclic) bond motifs is 1. The highest BCUT2D eigenvalue weighted by molar-refractivity contribution is 6.03. The summed E-state index contributed by atoms with van der Waals surface area (Å²) in [5.41, 5.74) is 3.12. The zero-order valence-corrected chi connectivity index (χ0v) is 10.5. The maximum absolute atomic E-state index is 12.3. The van der Waals surface area contributed by atoms with E-state index in [1.165, 1.54) is 0 Å². The summed E-state index contributed by atoms with van der Waals surface area (Å²) >= 11 is 0. The number of nitrogens with one attached hydrogen (secondary N) is 1. The molecule has 1 aliphatic carbocycles. The zero-order chi connectivity index (χ0) is 12.8. The van der Waals surface area contributed by atoms with Gasteiger partial charge < -0.3 is 0 Å². The lowest BCUT2D eigenvalue weighted by molar-refractivity contribution is 0.0912. The van der Waals surface area contributed by atoms with Crippen LogP contribution in [0.5, 0.6) is 0 Å². The monoisotopic (exact) mass is 241 g/mol. The Bertz CT molecular complexity index is 599. The predicted octanol–water partition coefficient (Wildman–Crippen LogP) is 2.63. The van der Waals surface area contributed by atoms with Gasteiger partial charge in [-0.25, -0.2) is 0 Å². The number of ketones is 1. The number of rotatable bonds is 1. The molecule has 0 aromatic carbocycles. The van der Waals surface area contributed by atoms with Gasteiger partial charge in [0.05, 0.1) is 11.3 Å². The van der Waals surface area contributed by atoms with Crippen LogP contribution in [0, 0.1) is 5.41 Å². The maximum atomic E-state index is 12.3. The van der Waals surface area contributed by atoms with Crippen molar-refractivity contribution in [2.24, 2.45) is 5.41 Å². The second-order valence-electron chi connectivity index (χ2n) is 5.58. The van der Waals surface area contributed by atoms with Gasteiger partial charge in [0.25, 0.3) is 0 Å². The van der Waals surface area contributed by atoms with Gasteiger partial charge in [-0.2, -0.15) is 5.10 Å². The number of aromatic nitrogens is 3. The van der Waals surface area contributed by atoms with Gasteiger partial charge >= 0.3 is 0 Å². The molecule has 0 saturated carbocycles. The fraction of sp³-hybridized carbons (Fsp3) is 0.357. The molecule has 2 heterocycles. The van der Waals surface area contributed by atoms with Crippen LogP contribution in [0.15, 0.2) is 24.4 Å². The highest BCUT2D eigenvalue weighted by Crippen LogP contribution is 2.37. The summed E-state index contributed by atoms with van der Waals surface area (Å²) in [6, 6.07) is 5.64. The molecule has 4 heteroatoms. The third-order valence-electron chi connectivity index (χ3n) is 3.32. The average molecular weight is 241 g/mol. The van der Waals surface area contributed by atoms with Crippen molar-refractivity contribution in [1.29, 1.82) is 0 Å². The average Bonchev–Trinajstić information content (AvgIpc) is 2.72. The quantitative estimate of drug-likeness (QED) is 0.835. The van der Waals surface area contributed by atoms with Crippen LogP contribution in [0.4, 0.5) is 0 Å². The first kappa shape index (κ1) is 11.1. The Labute approximate surface area is 105 Å². The van der Waals surface area contributed by atoms with Crippen LogP contribution in [-0.4, -0.2) is 21.0 Å². The number of Topliss-reactive ketones (excluding diaryl/α,β-unsaturated/α-hetero) is 1. The largest absolute Gasteiger partial charge is 0.294 e. The number of hydrogen-bond acceptors (Lipinski definition) is 3. The summed E-state index contributed by atoms with van der Waals surface area (Å²) < 4.78 is 0. The summed E-state index contributed by atoms with van der Waals surface area (Å²) in [4.78, 5) is 16.5. The molecule has 0 aliphatic heterocycles. The van der Waals surface area contributed by atoms with Crippen molar-refractivity contribution in [2.45, 2.75) is 26.7 Å². The van der Waals surface area contributed by atoms with Crippen LogP contribution in [0.2, 0.25) is 0 Å². The first-order valence-electron chi connectivity index (χ1n) is 6.09. The van der Waals surface area contributed by atoms with Gasteiger partial charge in [0.2, 0.25) is 0 Å². The Morgan fingerprint density at radius 1 is 1.28 bits per heavy atom. The lowest BCUT2D eigenvalue weighted by atomic mass is 9.75. The standard InChI is InChI=1S/C14H15N3O/c1-14(2)7-10-12(11(18)8-14)13(17-16-10)9-5-3-4-6-15-9/h3-6H,7-8H2,1-2H3,(H,16,17).